The number of rotatable bonds is 3. The Morgan fingerprint density at radius 2 is 1.82 bits per heavy atom. The first-order chi connectivity index (χ1) is 10.7. The lowest BCUT2D eigenvalue weighted by molar-refractivity contribution is -0.115. The normalized spacial score (nSPS) is 17.6. The molecule has 1 saturated heterocycles. The zero-order chi connectivity index (χ0) is 15.5. The van der Waals surface area contributed by atoms with Crippen molar-refractivity contribution in [2.24, 2.45) is 0 Å². The van der Waals surface area contributed by atoms with E-state index >= 15 is 0 Å². The van der Waals surface area contributed by atoms with E-state index in [-0.39, 0.29) is 17.3 Å². The number of ether oxygens (including phenoxy) is 1. The molecule has 4 nitrogen and oxygen atoms in total. The molecule has 2 aromatic carbocycles. The van der Waals surface area contributed by atoms with Gasteiger partial charge < -0.3 is 4.74 Å². The molecule has 0 saturated carbocycles. The van der Waals surface area contributed by atoms with E-state index in [1.807, 2.05) is 30.3 Å². The summed E-state index contributed by atoms with van der Waals surface area (Å²) >= 11 is 1.61. The minimum Gasteiger partial charge on any atom is -0.465 e. The molecule has 1 aliphatic heterocycles. The van der Waals surface area contributed by atoms with Crippen LogP contribution in [0.4, 0.5) is 5.69 Å². The van der Waals surface area contributed by atoms with Gasteiger partial charge in [-0.2, -0.15) is 0 Å². The molecule has 0 radical (unpaired) electrons. The number of methoxy groups -OCH3 is 1. The summed E-state index contributed by atoms with van der Waals surface area (Å²) < 4.78 is 4.69. The number of carbonyl (C=O) groups is 2. The predicted molar refractivity (Wildman–Crippen MR) is 86.9 cm³/mol. The maximum absolute atomic E-state index is 12.2. The topological polar surface area (TPSA) is 46.6 Å². The van der Waals surface area contributed by atoms with E-state index < -0.39 is 0 Å². The summed E-state index contributed by atoms with van der Waals surface area (Å²) in [7, 11) is 1.35. The minimum absolute atomic E-state index is 0.0299. The molecule has 0 aromatic heterocycles. The lowest BCUT2D eigenvalue weighted by atomic mass is 10.1. The third-order valence-corrected chi connectivity index (χ3v) is 4.73. The van der Waals surface area contributed by atoms with Gasteiger partial charge in [-0.3, -0.25) is 9.69 Å². The average Bonchev–Trinajstić information content (AvgIpc) is 2.96. The number of hydrogen-bond donors (Lipinski definition) is 0. The predicted octanol–water partition coefficient (Wildman–Crippen LogP) is 3.25. The zero-order valence-corrected chi connectivity index (χ0v) is 12.9. The zero-order valence-electron chi connectivity index (χ0n) is 12.1. The van der Waals surface area contributed by atoms with Gasteiger partial charge >= 0.3 is 5.97 Å². The Hall–Kier alpha value is -2.27. The minimum atomic E-state index is -0.381. The third kappa shape index (κ3) is 2.72. The monoisotopic (exact) mass is 313 g/mol. The molecule has 0 aliphatic carbocycles. The highest BCUT2D eigenvalue weighted by Gasteiger charge is 2.33. The molecule has 3 rings (SSSR count). The summed E-state index contributed by atoms with van der Waals surface area (Å²) in [5.74, 6) is 0.149. The van der Waals surface area contributed by atoms with E-state index in [9.17, 15) is 9.59 Å². The molecule has 5 heteroatoms. The van der Waals surface area contributed by atoms with E-state index in [4.69, 9.17) is 0 Å². The fraction of sp³-hybridized carbons (Fsp3) is 0.176. The van der Waals surface area contributed by atoms with Crippen molar-refractivity contribution in [1.82, 2.24) is 0 Å². The second-order valence-electron chi connectivity index (χ2n) is 4.88. The van der Waals surface area contributed by atoms with E-state index in [0.29, 0.717) is 11.3 Å². The van der Waals surface area contributed by atoms with Gasteiger partial charge in [-0.05, 0) is 29.8 Å². The quantitative estimate of drug-likeness (QED) is 0.816. The summed E-state index contributed by atoms with van der Waals surface area (Å²) in [6, 6.07) is 16.9. The van der Waals surface area contributed by atoms with Crippen LogP contribution in [-0.4, -0.2) is 24.7 Å². The molecule has 0 unspecified atom stereocenters. The van der Waals surface area contributed by atoms with E-state index in [1.54, 1.807) is 40.9 Å². The highest BCUT2D eigenvalue weighted by molar-refractivity contribution is 8.00. The van der Waals surface area contributed by atoms with Crippen molar-refractivity contribution in [3.63, 3.8) is 0 Å². The van der Waals surface area contributed by atoms with Gasteiger partial charge in [0.15, 0.2) is 0 Å². The van der Waals surface area contributed by atoms with Gasteiger partial charge in [-0.15, -0.1) is 11.8 Å². The molecule has 0 spiro atoms. The Bertz CT molecular complexity index is 685. The summed E-state index contributed by atoms with van der Waals surface area (Å²) in [6.45, 7) is 0. The smallest absolute Gasteiger partial charge is 0.337 e. The first-order valence-electron chi connectivity index (χ1n) is 6.87. The number of nitrogens with zero attached hydrogens (tertiary/aromatic N) is 1. The lowest BCUT2D eigenvalue weighted by Gasteiger charge is -2.24. The molecule has 0 bridgehead atoms. The Labute approximate surface area is 133 Å². The van der Waals surface area contributed by atoms with Crippen LogP contribution in [0.15, 0.2) is 54.6 Å². The molecular weight excluding hydrogens is 298 g/mol. The van der Waals surface area contributed by atoms with Crippen LogP contribution < -0.4 is 4.90 Å². The Kier molecular flexibility index (Phi) is 4.15. The Balaban J connectivity index is 1.91. The van der Waals surface area contributed by atoms with Crippen LogP contribution in [0.5, 0.6) is 0 Å². The van der Waals surface area contributed by atoms with Gasteiger partial charge in [-0.25, -0.2) is 4.79 Å². The molecule has 1 aliphatic rings. The van der Waals surface area contributed by atoms with Crippen molar-refractivity contribution in [2.45, 2.75) is 5.37 Å². The maximum Gasteiger partial charge on any atom is 0.337 e. The van der Waals surface area contributed by atoms with E-state index in [0.717, 1.165) is 11.3 Å². The summed E-state index contributed by atoms with van der Waals surface area (Å²) in [5, 5.41) is -0.0299. The van der Waals surface area contributed by atoms with Gasteiger partial charge in [-0.1, -0.05) is 30.3 Å². The highest BCUT2D eigenvalue weighted by Crippen LogP contribution is 2.41. The van der Waals surface area contributed by atoms with E-state index in [1.165, 1.54) is 7.11 Å². The Morgan fingerprint density at radius 1 is 1.14 bits per heavy atom. The van der Waals surface area contributed by atoms with Crippen molar-refractivity contribution < 1.29 is 14.3 Å². The number of carbonyl (C=O) groups excluding carboxylic acids is 2. The number of hydrogen-bond acceptors (Lipinski definition) is 4. The second kappa shape index (κ2) is 6.23. The number of amides is 1. The van der Waals surface area contributed by atoms with Crippen LogP contribution in [-0.2, 0) is 9.53 Å². The van der Waals surface area contributed by atoms with Crippen LogP contribution in [0.1, 0.15) is 21.3 Å². The van der Waals surface area contributed by atoms with Gasteiger partial charge in [0, 0.05) is 5.69 Å². The van der Waals surface area contributed by atoms with Crippen molar-refractivity contribution in [2.75, 3.05) is 17.8 Å². The molecule has 22 heavy (non-hydrogen) atoms. The molecular formula is C17H15NO3S. The standard InChI is InChI=1S/C17H15NO3S/c1-21-17(20)13-7-9-14(10-8-13)18-15(19)11-22-16(18)12-5-3-2-4-6-12/h2-10,16H,11H2,1H3/t16-/m1/s1. The second-order valence-corrected chi connectivity index (χ2v) is 5.94. The maximum atomic E-state index is 12.2. The summed E-state index contributed by atoms with van der Waals surface area (Å²) in [5.41, 5.74) is 2.36. The van der Waals surface area contributed by atoms with Gasteiger partial charge in [0.1, 0.15) is 5.37 Å². The molecule has 112 valence electrons. The van der Waals surface area contributed by atoms with Crippen molar-refractivity contribution >= 4 is 29.3 Å². The molecule has 0 N–H and O–H groups in total. The molecule has 1 amide bonds. The number of benzene rings is 2. The third-order valence-electron chi connectivity index (χ3n) is 3.52. The Morgan fingerprint density at radius 3 is 2.45 bits per heavy atom. The molecule has 1 heterocycles. The van der Waals surface area contributed by atoms with Crippen molar-refractivity contribution in [1.29, 1.82) is 0 Å². The van der Waals surface area contributed by atoms with Crippen molar-refractivity contribution in [3.8, 4) is 0 Å². The van der Waals surface area contributed by atoms with Crippen LogP contribution >= 0.6 is 11.8 Å². The van der Waals surface area contributed by atoms with Crippen LogP contribution in [0, 0.1) is 0 Å². The number of esters is 1. The SMILES string of the molecule is COC(=O)c1ccc(N2C(=O)CS[C@@H]2c2ccccc2)cc1. The van der Waals surface area contributed by atoms with Gasteiger partial charge in [0.05, 0.1) is 18.4 Å². The van der Waals surface area contributed by atoms with Gasteiger partial charge in [0.25, 0.3) is 0 Å². The first kappa shape index (κ1) is 14.7. The van der Waals surface area contributed by atoms with E-state index in [2.05, 4.69) is 4.74 Å². The first-order valence-corrected chi connectivity index (χ1v) is 7.92. The fourth-order valence-electron chi connectivity index (χ4n) is 2.44. The lowest BCUT2D eigenvalue weighted by Crippen LogP contribution is -2.27. The molecule has 1 atom stereocenters. The number of thioether (sulfide) groups is 1. The van der Waals surface area contributed by atoms with Crippen molar-refractivity contribution in [3.05, 3.63) is 65.7 Å². The molecule has 2 aromatic rings. The number of anilines is 1. The highest BCUT2D eigenvalue weighted by atomic mass is 32.2. The van der Waals surface area contributed by atoms with Gasteiger partial charge in [0.2, 0.25) is 5.91 Å². The molecule has 1 fully saturated rings. The summed E-state index contributed by atoms with van der Waals surface area (Å²) in [6.07, 6.45) is 0. The average molecular weight is 313 g/mol. The van der Waals surface area contributed by atoms with Crippen LogP contribution in [0.25, 0.3) is 0 Å². The van der Waals surface area contributed by atoms with Crippen LogP contribution in [0.3, 0.4) is 0 Å². The largest absolute Gasteiger partial charge is 0.465 e. The van der Waals surface area contributed by atoms with Crippen LogP contribution in [0.2, 0.25) is 0 Å². The summed E-state index contributed by atoms with van der Waals surface area (Å²) in [4.78, 5) is 25.5. The fourth-order valence-corrected chi connectivity index (χ4v) is 3.62.